The molecule has 1 aromatic carbocycles. The summed E-state index contributed by atoms with van der Waals surface area (Å²) in [5.74, 6) is -0.900. The highest BCUT2D eigenvalue weighted by Crippen LogP contribution is 2.47. The molecule has 1 aliphatic rings. The quantitative estimate of drug-likeness (QED) is 0.605. The van der Waals surface area contributed by atoms with E-state index in [9.17, 15) is 23.1 Å². The predicted molar refractivity (Wildman–Crippen MR) is 54.1 cm³/mol. The Morgan fingerprint density at radius 1 is 1.41 bits per heavy atom. The maximum atomic E-state index is 12.8. The monoisotopic (exact) mass is 246 g/mol. The Labute approximate surface area is 94.2 Å². The molecule has 7 heteroatoms. The van der Waals surface area contributed by atoms with E-state index in [0.29, 0.717) is 0 Å². The van der Waals surface area contributed by atoms with E-state index in [1.807, 2.05) is 0 Å². The SMILES string of the molecule is Nc1ccc2c(c1)NC(=O)CC2(O)C(F)(F)F. The Morgan fingerprint density at radius 3 is 2.65 bits per heavy atom. The fraction of sp³-hybridized carbons (Fsp3) is 0.300. The number of nitrogens with one attached hydrogen (secondary N) is 1. The van der Waals surface area contributed by atoms with Gasteiger partial charge in [-0.05, 0) is 12.1 Å². The Bertz CT molecular complexity index is 487. The van der Waals surface area contributed by atoms with Gasteiger partial charge in [0.1, 0.15) is 0 Å². The molecule has 1 heterocycles. The molecule has 0 aromatic heterocycles. The summed E-state index contributed by atoms with van der Waals surface area (Å²) in [7, 11) is 0. The Hall–Kier alpha value is -1.76. The zero-order valence-electron chi connectivity index (χ0n) is 8.51. The van der Waals surface area contributed by atoms with Crippen LogP contribution < -0.4 is 11.1 Å². The zero-order valence-corrected chi connectivity index (χ0v) is 8.51. The van der Waals surface area contributed by atoms with Gasteiger partial charge in [0.25, 0.3) is 0 Å². The molecule has 4 N–H and O–H groups in total. The molecule has 1 atom stereocenters. The van der Waals surface area contributed by atoms with Crippen molar-refractivity contribution in [3.8, 4) is 0 Å². The van der Waals surface area contributed by atoms with Crippen molar-refractivity contribution in [3.63, 3.8) is 0 Å². The molecule has 1 aliphatic heterocycles. The molecule has 0 saturated heterocycles. The van der Waals surface area contributed by atoms with E-state index in [-0.39, 0.29) is 16.9 Å². The van der Waals surface area contributed by atoms with Crippen molar-refractivity contribution >= 4 is 17.3 Å². The van der Waals surface area contributed by atoms with Gasteiger partial charge in [-0.15, -0.1) is 0 Å². The number of carbonyl (C=O) groups excluding carboxylic acids is 1. The molecule has 0 saturated carbocycles. The molecule has 0 radical (unpaired) electrons. The first-order chi connectivity index (χ1) is 7.74. The van der Waals surface area contributed by atoms with Gasteiger partial charge >= 0.3 is 6.18 Å². The van der Waals surface area contributed by atoms with Gasteiger partial charge in [-0.25, -0.2) is 0 Å². The summed E-state index contributed by atoms with van der Waals surface area (Å²) in [5.41, 5.74) is 1.96. The van der Waals surface area contributed by atoms with Gasteiger partial charge in [0.05, 0.1) is 6.42 Å². The minimum absolute atomic E-state index is 0.110. The molecule has 17 heavy (non-hydrogen) atoms. The molecule has 0 spiro atoms. The first kappa shape index (κ1) is 11.7. The molecule has 1 aromatic rings. The summed E-state index contributed by atoms with van der Waals surface area (Å²) in [6.45, 7) is 0. The number of nitrogen functional groups attached to an aromatic ring is 1. The van der Waals surface area contributed by atoms with Crippen molar-refractivity contribution in [2.24, 2.45) is 0 Å². The highest BCUT2D eigenvalue weighted by molar-refractivity contribution is 5.96. The summed E-state index contributed by atoms with van der Waals surface area (Å²) in [5, 5.41) is 11.9. The fourth-order valence-corrected chi connectivity index (χ4v) is 1.80. The number of rotatable bonds is 0. The van der Waals surface area contributed by atoms with Gasteiger partial charge in [-0.1, -0.05) is 6.07 Å². The maximum Gasteiger partial charge on any atom is 0.422 e. The molecular weight excluding hydrogens is 237 g/mol. The molecule has 1 unspecified atom stereocenters. The van der Waals surface area contributed by atoms with Crippen LogP contribution in [0.25, 0.3) is 0 Å². The van der Waals surface area contributed by atoms with Crippen LogP contribution in [0.2, 0.25) is 0 Å². The van der Waals surface area contributed by atoms with Gasteiger partial charge in [0.15, 0.2) is 5.60 Å². The lowest BCUT2D eigenvalue weighted by Crippen LogP contribution is -2.48. The second kappa shape index (κ2) is 3.36. The van der Waals surface area contributed by atoms with Crippen LogP contribution in [-0.4, -0.2) is 17.2 Å². The number of amides is 1. The van der Waals surface area contributed by atoms with Crippen molar-refractivity contribution in [1.82, 2.24) is 0 Å². The minimum Gasteiger partial charge on any atom is -0.399 e. The smallest absolute Gasteiger partial charge is 0.399 e. The Morgan fingerprint density at radius 2 is 2.06 bits per heavy atom. The third kappa shape index (κ3) is 1.72. The average Bonchev–Trinajstić information content (AvgIpc) is 2.14. The molecule has 0 aliphatic carbocycles. The van der Waals surface area contributed by atoms with Gasteiger partial charge in [0.2, 0.25) is 5.91 Å². The molecular formula is C10H9F3N2O2. The molecule has 92 valence electrons. The zero-order chi connectivity index (χ0) is 12.8. The van der Waals surface area contributed by atoms with E-state index in [0.717, 1.165) is 6.07 Å². The standard InChI is InChI=1S/C10H9F3N2O2/c11-10(12,13)9(17)4-8(16)15-7-3-5(14)1-2-6(7)9/h1-3,17H,4,14H2,(H,15,16). The number of nitrogens with two attached hydrogens (primary N) is 1. The van der Waals surface area contributed by atoms with Crippen LogP contribution >= 0.6 is 0 Å². The number of anilines is 2. The lowest BCUT2D eigenvalue weighted by atomic mass is 9.85. The van der Waals surface area contributed by atoms with Crippen LogP contribution in [0.1, 0.15) is 12.0 Å². The molecule has 2 rings (SSSR count). The van der Waals surface area contributed by atoms with E-state index in [2.05, 4.69) is 5.32 Å². The van der Waals surface area contributed by atoms with Crippen LogP contribution in [0.4, 0.5) is 24.5 Å². The van der Waals surface area contributed by atoms with Gasteiger partial charge < -0.3 is 16.2 Å². The number of halogens is 3. The molecule has 1 amide bonds. The second-order valence-electron chi connectivity index (χ2n) is 3.89. The van der Waals surface area contributed by atoms with Crippen molar-refractivity contribution in [2.75, 3.05) is 11.1 Å². The van der Waals surface area contributed by atoms with Crippen LogP contribution in [0.5, 0.6) is 0 Å². The Kier molecular flexibility index (Phi) is 2.32. The van der Waals surface area contributed by atoms with Crippen LogP contribution in [0.3, 0.4) is 0 Å². The van der Waals surface area contributed by atoms with E-state index in [1.54, 1.807) is 0 Å². The van der Waals surface area contributed by atoms with Crippen LogP contribution in [-0.2, 0) is 10.4 Å². The fourth-order valence-electron chi connectivity index (χ4n) is 1.80. The lowest BCUT2D eigenvalue weighted by molar-refractivity contribution is -0.267. The minimum atomic E-state index is -4.92. The van der Waals surface area contributed by atoms with E-state index in [4.69, 9.17) is 5.73 Å². The number of benzene rings is 1. The van der Waals surface area contributed by atoms with Crippen molar-refractivity contribution in [2.45, 2.75) is 18.2 Å². The van der Waals surface area contributed by atoms with Crippen LogP contribution in [0, 0.1) is 0 Å². The number of fused-ring (bicyclic) bond motifs is 1. The summed E-state index contributed by atoms with van der Waals surface area (Å²) < 4.78 is 38.5. The molecule has 4 nitrogen and oxygen atoms in total. The number of carbonyl (C=O) groups is 1. The molecule has 0 bridgehead atoms. The predicted octanol–water partition coefficient (Wildman–Crippen LogP) is 1.36. The maximum absolute atomic E-state index is 12.8. The van der Waals surface area contributed by atoms with Crippen LogP contribution in [0.15, 0.2) is 18.2 Å². The summed E-state index contributed by atoms with van der Waals surface area (Å²) >= 11 is 0. The Balaban J connectivity index is 2.63. The summed E-state index contributed by atoms with van der Waals surface area (Å²) in [6, 6.07) is 3.49. The molecule has 0 fully saturated rings. The van der Waals surface area contributed by atoms with Crippen molar-refractivity contribution in [3.05, 3.63) is 23.8 Å². The highest BCUT2D eigenvalue weighted by Gasteiger charge is 2.58. The normalized spacial score (nSPS) is 24.1. The number of alkyl halides is 3. The van der Waals surface area contributed by atoms with Gasteiger partial charge in [-0.3, -0.25) is 4.79 Å². The average molecular weight is 246 g/mol. The van der Waals surface area contributed by atoms with Gasteiger partial charge in [-0.2, -0.15) is 13.2 Å². The number of hydrogen-bond donors (Lipinski definition) is 3. The largest absolute Gasteiger partial charge is 0.422 e. The number of aliphatic hydroxyl groups is 1. The first-order valence-corrected chi connectivity index (χ1v) is 4.73. The van der Waals surface area contributed by atoms with E-state index in [1.165, 1.54) is 12.1 Å². The summed E-state index contributed by atoms with van der Waals surface area (Å²) in [6.07, 6.45) is -5.97. The van der Waals surface area contributed by atoms with E-state index < -0.39 is 24.1 Å². The second-order valence-corrected chi connectivity index (χ2v) is 3.89. The van der Waals surface area contributed by atoms with E-state index >= 15 is 0 Å². The third-order valence-electron chi connectivity index (χ3n) is 2.65. The van der Waals surface area contributed by atoms with Crippen molar-refractivity contribution in [1.29, 1.82) is 0 Å². The van der Waals surface area contributed by atoms with Crippen molar-refractivity contribution < 1.29 is 23.1 Å². The summed E-state index contributed by atoms with van der Waals surface area (Å²) in [4.78, 5) is 11.2. The topological polar surface area (TPSA) is 75.3 Å². The first-order valence-electron chi connectivity index (χ1n) is 4.73. The number of hydrogen-bond acceptors (Lipinski definition) is 3. The lowest BCUT2D eigenvalue weighted by Gasteiger charge is -2.35. The highest BCUT2D eigenvalue weighted by atomic mass is 19.4. The third-order valence-corrected chi connectivity index (χ3v) is 2.65. The van der Waals surface area contributed by atoms with Gasteiger partial charge in [0, 0.05) is 16.9 Å².